The van der Waals surface area contributed by atoms with Gasteiger partial charge in [-0.15, -0.1) is 11.3 Å². The van der Waals surface area contributed by atoms with E-state index in [4.69, 9.17) is 9.94 Å². The van der Waals surface area contributed by atoms with Crippen molar-refractivity contribution in [3.63, 3.8) is 0 Å². The molecule has 0 saturated heterocycles. The van der Waals surface area contributed by atoms with E-state index in [0.717, 1.165) is 15.6 Å². The van der Waals surface area contributed by atoms with Crippen LogP contribution in [0.25, 0.3) is 0 Å². The average molecular weight is 200 g/mol. The number of oxime groups is 1. The zero-order valence-corrected chi connectivity index (χ0v) is 8.47. The Balaban J connectivity index is 2.40. The first-order valence-corrected chi connectivity index (χ1v) is 4.72. The molecule has 1 aromatic rings. The fourth-order valence-corrected chi connectivity index (χ4v) is 1.82. The molecule has 13 heavy (non-hydrogen) atoms. The van der Waals surface area contributed by atoms with Crippen molar-refractivity contribution in [1.29, 1.82) is 0 Å². The summed E-state index contributed by atoms with van der Waals surface area (Å²) in [4.78, 5) is 5.39. The Hall–Kier alpha value is -0.940. The van der Waals surface area contributed by atoms with E-state index in [1.54, 1.807) is 11.3 Å². The molecule has 0 radical (unpaired) electrons. The van der Waals surface area contributed by atoms with E-state index in [-0.39, 0.29) is 0 Å². The number of hydrogen-bond acceptors (Lipinski definition) is 5. The fraction of sp³-hybridized carbons (Fsp3) is 0.500. The van der Waals surface area contributed by atoms with Gasteiger partial charge in [-0.2, -0.15) is 0 Å². The number of nitrogens with zero attached hydrogens (tertiary/aromatic N) is 2. The van der Waals surface area contributed by atoms with Crippen molar-refractivity contribution < 1.29 is 9.94 Å². The number of aryl methyl sites for hydroxylation is 2. The van der Waals surface area contributed by atoms with E-state index >= 15 is 0 Å². The third-order valence-electron chi connectivity index (χ3n) is 1.51. The molecule has 0 aliphatic rings. The van der Waals surface area contributed by atoms with Crippen LogP contribution in [-0.4, -0.2) is 23.0 Å². The molecule has 0 bridgehead atoms. The maximum atomic E-state index is 8.10. The lowest BCUT2D eigenvalue weighted by Crippen LogP contribution is -1.95. The molecule has 1 aromatic heterocycles. The molecule has 1 N–H and O–H groups in total. The van der Waals surface area contributed by atoms with Crippen LogP contribution >= 0.6 is 11.3 Å². The van der Waals surface area contributed by atoms with Gasteiger partial charge in [0.05, 0.1) is 35.0 Å². The number of aromatic nitrogens is 1. The maximum absolute atomic E-state index is 8.10. The molecule has 72 valence electrons. The molecule has 0 aliphatic carbocycles. The van der Waals surface area contributed by atoms with Gasteiger partial charge in [0.1, 0.15) is 0 Å². The standard InChI is InChI=1S/C8H12N2O2S/c1-6-8(13-7(2)10-6)5-12-4-3-9-11/h3,11H,4-5H2,1-2H3. The van der Waals surface area contributed by atoms with Crippen molar-refractivity contribution in [2.75, 3.05) is 6.61 Å². The Morgan fingerprint density at radius 2 is 2.38 bits per heavy atom. The van der Waals surface area contributed by atoms with Crippen molar-refractivity contribution in [3.05, 3.63) is 15.6 Å². The van der Waals surface area contributed by atoms with Crippen LogP contribution in [-0.2, 0) is 11.3 Å². The van der Waals surface area contributed by atoms with Crippen LogP contribution in [0.4, 0.5) is 0 Å². The second-order valence-electron chi connectivity index (χ2n) is 2.55. The summed E-state index contributed by atoms with van der Waals surface area (Å²) < 4.78 is 5.22. The van der Waals surface area contributed by atoms with Crippen LogP contribution in [0.3, 0.4) is 0 Å². The van der Waals surface area contributed by atoms with Crippen LogP contribution in [0.5, 0.6) is 0 Å². The van der Waals surface area contributed by atoms with Gasteiger partial charge in [0.2, 0.25) is 0 Å². The molecule has 0 aliphatic heterocycles. The van der Waals surface area contributed by atoms with E-state index in [2.05, 4.69) is 10.1 Å². The van der Waals surface area contributed by atoms with E-state index < -0.39 is 0 Å². The zero-order valence-electron chi connectivity index (χ0n) is 7.65. The number of thiazole rings is 1. The highest BCUT2D eigenvalue weighted by Gasteiger charge is 2.03. The minimum Gasteiger partial charge on any atom is -0.411 e. The summed E-state index contributed by atoms with van der Waals surface area (Å²) in [6.07, 6.45) is 1.31. The van der Waals surface area contributed by atoms with Crippen LogP contribution in [0, 0.1) is 13.8 Å². The first-order valence-electron chi connectivity index (χ1n) is 3.90. The Labute approximate surface area is 80.9 Å². The van der Waals surface area contributed by atoms with Crippen molar-refractivity contribution in [2.45, 2.75) is 20.5 Å². The largest absolute Gasteiger partial charge is 0.411 e. The molecule has 1 rings (SSSR count). The molecule has 1 heterocycles. The van der Waals surface area contributed by atoms with Gasteiger partial charge in [-0.25, -0.2) is 4.98 Å². The van der Waals surface area contributed by atoms with Gasteiger partial charge in [-0.3, -0.25) is 0 Å². The molecular weight excluding hydrogens is 188 g/mol. The SMILES string of the molecule is Cc1nc(C)c(COCC=NO)s1. The molecule has 0 saturated carbocycles. The molecule has 0 aromatic carbocycles. The maximum Gasteiger partial charge on any atom is 0.0900 e. The molecule has 0 amide bonds. The summed E-state index contributed by atoms with van der Waals surface area (Å²) in [6, 6.07) is 0. The van der Waals surface area contributed by atoms with Crippen LogP contribution < -0.4 is 0 Å². The third-order valence-corrected chi connectivity index (χ3v) is 2.55. The van der Waals surface area contributed by atoms with Crippen LogP contribution in [0.1, 0.15) is 15.6 Å². The highest BCUT2D eigenvalue weighted by atomic mass is 32.1. The Morgan fingerprint density at radius 3 is 2.92 bits per heavy atom. The summed E-state index contributed by atoms with van der Waals surface area (Å²) in [7, 11) is 0. The lowest BCUT2D eigenvalue weighted by Gasteiger charge is -1.97. The predicted octanol–water partition coefficient (Wildman–Crippen LogP) is 1.74. The van der Waals surface area contributed by atoms with Crippen molar-refractivity contribution in [2.24, 2.45) is 5.16 Å². The molecule has 0 fully saturated rings. The minimum atomic E-state index is 0.326. The molecule has 4 nitrogen and oxygen atoms in total. The van der Waals surface area contributed by atoms with Gasteiger partial charge in [0.15, 0.2) is 0 Å². The van der Waals surface area contributed by atoms with Crippen molar-refractivity contribution in [3.8, 4) is 0 Å². The second kappa shape index (κ2) is 4.94. The second-order valence-corrected chi connectivity index (χ2v) is 3.84. The van der Waals surface area contributed by atoms with Crippen molar-refractivity contribution in [1.82, 2.24) is 4.98 Å². The molecular formula is C8H12N2O2S. The van der Waals surface area contributed by atoms with Gasteiger partial charge in [-0.1, -0.05) is 5.16 Å². The van der Waals surface area contributed by atoms with Gasteiger partial charge < -0.3 is 9.94 Å². The first-order chi connectivity index (χ1) is 6.24. The Bertz CT molecular complexity index is 296. The number of ether oxygens (including phenoxy) is 1. The average Bonchev–Trinajstić information content (AvgIpc) is 2.39. The van der Waals surface area contributed by atoms with E-state index in [1.807, 2.05) is 13.8 Å². The summed E-state index contributed by atoms with van der Waals surface area (Å²) in [5, 5.41) is 12.0. The third kappa shape index (κ3) is 3.12. The lowest BCUT2D eigenvalue weighted by atomic mass is 10.4. The zero-order chi connectivity index (χ0) is 9.68. The monoisotopic (exact) mass is 200 g/mol. The number of hydrogen-bond donors (Lipinski definition) is 1. The van der Waals surface area contributed by atoms with Crippen LogP contribution in [0.15, 0.2) is 5.16 Å². The van der Waals surface area contributed by atoms with Crippen molar-refractivity contribution >= 4 is 17.6 Å². The first kappa shape index (κ1) is 10.1. The summed E-state index contributed by atoms with van der Waals surface area (Å²) in [6.45, 7) is 4.79. The normalized spacial score (nSPS) is 11.2. The lowest BCUT2D eigenvalue weighted by molar-refractivity contribution is 0.160. The number of rotatable bonds is 4. The van der Waals surface area contributed by atoms with Gasteiger partial charge >= 0.3 is 0 Å². The minimum absolute atomic E-state index is 0.326. The molecule has 5 heteroatoms. The summed E-state index contributed by atoms with van der Waals surface area (Å²) in [5.74, 6) is 0. The quantitative estimate of drug-likeness (QED) is 0.348. The van der Waals surface area contributed by atoms with Gasteiger partial charge in [0, 0.05) is 0 Å². The molecule has 0 spiro atoms. The molecule has 0 atom stereocenters. The summed E-state index contributed by atoms with van der Waals surface area (Å²) in [5.41, 5.74) is 1.02. The van der Waals surface area contributed by atoms with Gasteiger partial charge in [-0.05, 0) is 13.8 Å². The Kier molecular flexibility index (Phi) is 3.85. The van der Waals surface area contributed by atoms with E-state index in [1.165, 1.54) is 6.21 Å². The topological polar surface area (TPSA) is 54.7 Å². The van der Waals surface area contributed by atoms with Gasteiger partial charge in [0.25, 0.3) is 0 Å². The van der Waals surface area contributed by atoms with E-state index in [9.17, 15) is 0 Å². The fourth-order valence-electron chi connectivity index (χ4n) is 0.945. The van der Waals surface area contributed by atoms with E-state index in [0.29, 0.717) is 13.2 Å². The molecule has 0 unspecified atom stereocenters. The highest BCUT2D eigenvalue weighted by Crippen LogP contribution is 2.17. The summed E-state index contributed by atoms with van der Waals surface area (Å²) >= 11 is 1.63. The van der Waals surface area contributed by atoms with Crippen LogP contribution in [0.2, 0.25) is 0 Å². The Morgan fingerprint density at radius 1 is 1.62 bits per heavy atom. The predicted molar refractivity (Wildman–Crippen MR) is 51.5 cm³/mol. The smallest absolute Gasteiger partial charge is 0.0900 e. The highest BCUT2D eigenvalue weighted by molar-refractivity contribution is 7.11.